The van der Waals surface area contributed by atoms with E-state index in [1.807, 2.05) is 25.1 Å². The highest BCUT2D eigenvalue weighted by Crippen LogP contribution is 2.36. The lowest BCUT2D eigenvalue weighted by Gasteiger charge is -2.39. The van der Waals surface area contributed by atoms with E-state index in [1.165, 1.54) is 18.5 Å². The summed E-state index contributed by atoms with van der Waals surface area (Å²) in [6, 6.07) is 8.31. The highest BCUT2D eigenvalue weighted by Gasteiger charge is 2.43. The fourth-order valence-electron chi connectivity index (χ4n) is 4.04. The number of aromatic nitrogens is 1. The first-order valence-electron chi connectivity index (χ1n) is 9.12. The van der Waals surface area contributed by atoms with Gasteiger partial charge < -0.3 is 9.47 Å². The van der Waals surface area contributed by atoms with Gasteiger partial charge >= 0.3 is 0 Å². The summed E-state index contributed by atoms with van der Waals surface area (Å²) in [6.07, 6.45) is 3.54. The summed E-state index contributed by atoms with van der Waals surface area (Å²) in [7, 11) is 0. The molecule has 0 amide bonds. The molecule has 2 atom stereocenters. The predicted octanol–water partition coefficient (Wildman–Crippen LogP) is 3.79. The van der Waals surface area contributed by atoms with Gasteiger partial charge in [0.05, 0.1) is 30.6 Å². The number of piperidine rings is 1. The second kappa shape index (κ2) is 7.54. The first-order chi connectivity index (χ1) is 12.2. The van der Waals surface area contributed by atoms with Crippen molar-refractivity contribution in [1.82, 2.24) is 9.88 Å². The smallest absolute Gasteiger partial charge is 0.0892 e. The van der Waals surface area contributed by atoms with Crippen molar-refractivity contribution in [3.8, 4) is 0 Å². The van der Waals surface area contributed by atoms with Crippen molar-refractivity contribution in [2.45, 2.75) is 51.0 Å². The van der Waals surface area contributed by atoms with Crippen LogP contribution in [0.2, 0.25) is 0 Å². The Morgan fingerprint density at radius 2 is 2.36 bits per heavy atom. The number of hydrogen-bond donors (Lipinski definition) is 0. The molecular formula is C20H26N2O2S. The second-order valence-electron chi connectivity index (χ2n) is 7.35. The number of nitrogens with zero attached hydrogens (tertiary/aromatic N) is 2. The zero-order valence-corrected chi connectivity index (χ0v) is 15.6. The van der Waals surface area contributed by atoms with Gasteiger partial charge in [-0.3, -0.25) is 9.88 Å². The average Bonchev–Trinajstić information content (AvgIpc) is 3.24. The van der Waals surface area contributed by atoms with Gasteiger partial charge in [0.1, 0.15) is 0 Å². The maximum atomic E-state index is 6.27. The minimum atomic E-state index is -0.0149. The van der Waals surface area contributed by atoms with Crippen LogP contribution in [0.5, 0.6) is 0 Å². The highest BCUT2D eigenvalue weighted by atomic mass is 32.1. The molecule has 4 heterocycles. The molecule has 134 valence electrons. The zero-order chi connectivity index (χ0) is 17.1. The van der Waals surface area contributed by atoms with Gasteiger partial charge in [-0.1, -0.05) is 6.07 Å². The largest absolute Gasteiger partial charge is 0.371 e. The number of likely N-dealkylation sites (tertiary alicyclic amines) is 1. The van der Waals surface area contributed by atoms with Gasteiger partial charge in [-0.25, -0.2) is 0 Å². The minimum absolute atomic E-state index is 0.0149. The average molecular weight is 359 g/mol. The Labute approximate surface area is 153 Å². The van der Waals surface area contributed by atoms with E-state index < -0.39 is 0 Å². The van der Waals surface area contributed by atoms with Crippen LogP contribution in [0.15, 0.2) is 35.0 Å². The molecule has 0 radical (unpaired) electrons. The van der Waals surface area contributed by atoms with Crippen LogP contribution in [0.1, 0.15) is 36.2 Å². The standard InChI is InChI=1S/C20H26N2O2S/c1-16-4-2-5-18(21-16)12-23-19-10-20(24-13-19)7-3-8-22(15-20)11-17-6-9-25-14-17/h2,4-6,9,14,19H,3,7-8,10-13,15H2,1H3/t19-,20+/m1/s1. The lowest BCUT2D eigenvalue weighted by molar-refractivity contribution is -0.0548. The minimum Gasteiger partial charge on any atom is -0.371 e. The molecule has 0 N–H and O–H groups in total. The quantitative estimate of drug-likeness (QED) is 0.814. The molecule has 4 rings (SSSR count). The van der Waals surface area contributed by atoms with E-state index in [2.05, 4.69) is 26.7 Å². The Morgan fingerprint density at radius 3 is 3.20 bits per heavy atom. The molecule has 0 aliphatic carbocycles. The Hall–Kier alpha value is -1.27. The summed E-state index contributed by atoms with van der Waals surface area (Å²) in [5, 5.41) is 4.40. The van der Waals surface area contributed by atoms with E-state index in [1.54, 1.807) is 11.3 Å². The molecule has 1 spiro atoms. The molecule has 2 aliphatic rings. The summed E-state index contributed by atoms with van der Waals surface area (Å²) in [6.45, 7) is 6.52. The summed E-state index contributed by atoms with van der Waals surface area (Å²) in [5.74, 6) is 0. The van der Waals surface area contributed by atoms with Crippen LogP contribution in [0.4, 0.5) is 0 Å². The fraction of sp³-hybridized carbons (Fsp3) is 0.550. The third-order valence-corrected chi connectivity index (χ3v) is 5.92. The van der Waals surface area contributed by atoms with Crippen LogP contribution < -0.4 is 0 Å². The molecular weight excluding hydrogens is 332 g/mol. The van der Waals surface area contributed by atoms with Crippen molar-refractivity contribution in [1.29, 1.82) is 0 Å². The molecule has 0 aromatic carbocycles. The van der Waals surface area contributed by atoms with E-state index in [9.17, 15) is 0 Å². The summed E-state index contributed by atoms with van der Waals surface area (Å²) in [4.78, 5) is 7.06. The Kier molecular flexibility index (Phi) is 5.17. The Morgan fingerprint density at radius 1 is 1.40 bits per heavy atom. The summed E-state index contributed by atoms with van der Waals surface area (Å²) in [5.41, 5.74) is 3.44. The molecule has 2 fully saturated rings. The number of aryl methyl sites for hydroxylation is 1. The topological polar surface area (TPSA) is 34.6 Å². The molecule has 4 nitrogen and oxygen atoms in total. The van der Waals surface area contributed by atoms with E-state index in [4.69, 9.17) is 9.47 Å². The monoisotopic (exact) mass is 358 g/mol. The van der Waals surface area contributed by atoms with Crippen LogP contribution in [-0.2, 0) is 22.6 Å². The second-order valence-corrected chi connectivity index (χ2v) is 8.13. The van der Waals surface area contributed by atoms with Gasteiger partial charge in [-0.15, -0.1) is 0 Å². The van der Waals surface area contributed by atoms with Crippen molar-refractivity contribution in [3.63, 3.8) is 0 Å². The maximum Gasteiger partial charge on any atom is 0.0892 e. The zero-order valence-electron chi connectivity index (χ0n) is 14.8. The van der Waals surface area contributed by atoms with E-state index in [0.717, 1.165) is 37.3 Å². The fourth-order valence-corrected chi connectivity index (χ4v) is 4.70. The predicted molar refractivity (Wildman–Crippen MR) is 99.7 cm³/mol. The molecule has 2 aliphatic heterocycles. The lowest BCUT2D eigenvalue weighted by Crippen LogP contribution is -2.47. The Bertz CT molecular complexity index is 691. The molecule has 2 aromatic heterocycles. The van der Waals surface area contributed by atoms with Crippen molar-refractivity contribution in [3.05, 3.63) is 52.0 Å². The van der Waals surface area contributed by atoms with Crippen LogP contribution >= 0.6 is 11.3 Å². The van der Waals surface area contributed by atoms with Crippen molar-refractivity contribution < 1.29 is 9.47 Å². The Balaban J connectivity index is 1.31. The molecule has 0 saturated carbocycles. The van der Waals surface area contributed by atoms with E-state index in [-0.39, 0.29) is 11.7 Å². The number of thiophene rings is 1. The third kappa shape index (κ3) is 4.29. The number of hydrogen-bond acceptors (Lipinski definition) is 5. The number of rotatable bonds is 5. The van der Waals surface area contributed by atoms with E-state index in [0.29, 0.717) is 13.2 Å². The van der Waals surface area contributed by atoms with Crippen molar-refractivity contribution >= 4 is 11.3 Å². The van der Waals surface area contributed by atoms with Gasteiger partial charge in [-0.05, 0) is 60.8 Å². The molecule has 2 aromatic rings. The van der Waals surface area contributed by atoms with Crippen LogP contribution in [-0.4, -0.2) is 41.3 Å². The molecule has 2 saturated heterocycles. The SMILES string of the molecule is Cc1cccc(CO[C@H]2CO[C@@]3(CCCN(Cc4ccsc4)C3)C2)n1. The highest BCUT2D eigenvalue weighted by molar-refractivity contribution is 7.07. The summed E-state index contributed by atoms with van der Waals surface area (Å²) >= 11 is 1.77. The molecule has 25 heavy (non-hydrogen) atoms. The molecule has 0 unspecified atom stereocenters. The maximum absolute atomic E-state index is 6.27. The molecule has 5 heteroatoms. The van der Waals surface area contributed by atoms with Gasteiger partial charge in [0.15, 0.2) is 0 Å². The van der Waals surface area contributed by atoms with Gasteiger partial charge in [0.25, 0.3) is 0 Å². The first kappa shape index (κ1) is 17.2. The lowest BCUT2D eigenvalue weighted by atomic mass is 9.89. The van der Waals surface area contributed by atoms with Crippen LogP contribution in [0.3, 0.4) is 0 Å². The first-order valence-corrected chi connectivity index (χ1v) is 10.1. The van der Waals surface area contributed by atoms with Crippen LogP contribution in [0, 0.1) is 6.92 Å². The third-order valence-electron chi connectivity index (χ3n) is 5.19. The summed E-state index contributed by atoms with van der Waals surface area (Å²) < 4.78 is 12.4. The van der Waals surface area contributed by atoms with Crippen molar-refractivity contribution in [2.24, 2.45) is 0 Å². The van der Waals surface area contributed by atoms with E-state index >= 15 is 0 Å². The number of pyridine rings is 1. The molecule has 0 bridgehead atoms. The normalized spacial score (nSPS) is 27.2. The van der Waals surface area contributed by atoms with Crippen molar-refractivity contribution in [2.75, 3.05) is 19.7 Å². The van der Waals surface area contributed by atoms with Gasteiger partial charge in [0.2, 0.25) is 0 Å². The van der Waals surface area contributed by atoms with Gasteiger partial charge in [-0.2, -0.15) is 11.3 Å². The number of ether oxygens (including phenoxy) is 2. The van der Waals surface area contributed by atoms with Crippen LogP contribution in [0.25, 0.3) is 0 Å². The van der Waals surface area contributed by atoms with Gasteiger partial charge in [0, 0.05) is 25.2 Å².